The van der Waals surface area contributed by atoms with Crippen molar-refractivity contribution in [3.8, 4) is 11.5 Å². The minimum atomic E-state index is -3.58. The predicted molar refractivity (Wildman–Crippen MR) is 112 cm³/mol. The Morgan fingerprint density at radius 2 is 1.90 bits per heavy atom. The van der Waals surface area contributed by atoms with Crippen molar-refractivity contribution >= 4 is 37.3 Å². The summed E-state index contributed by atoms with van der Waals surface area (Å²) in [6.45, 7) is 2.44. The van der Waals surface area contributed by atoms with Gasteiger partial charge in [0.05, 0.1) is 29.1 Å². The van der Waals surface area contributed by atoms with Gasteiger partial charge in [-0.3, -0.25) is 4.79 Å². The van der Waals surface area contributed by atoms with Crippen molar-refractivity contribution in [1.29, 1.82) is 0 Å². The molecule has 0 spiro atoms. The predicted octanol–water partition coefficient (Wildman–Crippen LogP) is 2.94. The van der Waals surface area contributed by atoms with Crippen LogP contribution in [0.4, 0.5) is 0 Å². The smallest absolute Gasteiger partial charge is 0.249 e. The monoisotopic (exact) mass is 434 g/mol. The van der Waals surface area contributed by atoms with Gasteiger partial charge in [-0.25, -0.2) is 8.42 Å². The molecule has 3 aromatic rings. The highest BCUT2D eigenvalue weighted by atomic mass is 32.2. The van der Waals surface area contributed by atoms with Gasteiger partial charge >= 0.3 is 0 Å². The van der Waals surface area contributed by atoms with Gasteiger partial charge in [0.2, 0.25) is 5.91 Å². The zero-order valence-corrected chi connectivity index (χ0v) is 18.0. The van der Waals surface area contributed by atoms with Gasteiger partial charge in [0.25, 0.3) is 0 Å². The molecule has 3 rings (SSSR count). The van der Waals surface area contributed by atoms with E-state index in [4.69, 9.17) is 9.47 Å². The van der Waals surface area contributed by atoms with Gasteiger partial charge in [-0.2, -0.15) is 4.99 Å². The van der Waals surface area contributed by atoms with Gasteiger partial charge in [-0.15, -0.1) is 0 Å². The Bertz CT molecular complexity index is 1190. The van der Waals surface area contributed by atoms with Gasteiger partial charge in [0.15, 0.2) is 14.6 Å². The number of sulfone groups is 1. The molecule has 1 heterocycles. The molecule has 0 bridgehead atoms. The van der Waals surface area contributed by atoms with Crippen molar-refractivity contribution in [3.63, 3.8) is 0 Å². The molecule has 2 aromatic carbocycles. The largest absolute Gasteiger partial charge is 0.497 e. The summed E-state index contributed by atoms with van der Waals surface area (Å²) in [4.78, 5) is 17.1. The van der Waals surface area contributed by atoms with E-state index in [1.807, 2.05) is 32.2 Å². The Morgan fingerprint density at radius 1 is 1.17 bits per heavy atom. The molecule has 0 radical (unpaired) electrons. The number of nitrogens with zero attached hydrogens (tertiary/aromatic N) is 2. The average Bonchev–Trinajstić information content (AvgIpc) is 3.03. The van der Waals surface area contributed by atoms with Crippen molar-refractivity contribution in [2.24, 2.45) is 12.0 Å². The molecule has 1 amide bonds. The Balaban J connectivity index is 1.80. The first-order chi connectivity index (χ1) is 13.9. The number of ether oxygens (including phenoxy) is 2. The van der Waals surface area contributed by atoms with Crippen molar-refractivity contribution in [2.75, 3.05) is 19.5 Å². The molecule has 0 aliphatic rings. The summed E-state index contributed by atoms with van der Waals surface area (Å²) in [5.41, 5.74) is 0.858. The third kappa shape index (κ3) is 4.68. The van der Waals surface area contributed by atoms with E-state index in [-0.39, 0.29) is 17.1 Å². The van der Waals surface area contributed by atoms with Crippen LogP contribution in [0.3, 0.4) is 0 Å². The quantitative estimate of drug-likeness (QED) is 0.571. The molecular formula is C20H22N2O5S2. The highest BCUT2D eigenvalue weighted by Gasteiger charge is 2.17. The zero-order valence-electron chi connectivity index (χ0n) is 16.4. The fraction of sp³-hybridized carbons (Fsp3) is 0.300. The summed E-state index contributed by atoms with van der Waals surface area (Å²) in [7, 11) is -0.265. The van der Waals surface area contributed by atoms with E-state index in [2.05, 4.69) is 4.99 Å². The summed E-state index contributed by atoms with van der Waals surface area (Å²) in [5, 5.41) is 0. The fourth-order valence-electron chi connectivity index (χ4n) is 2.83. The summed E-state index contributed by atoms with van der Waals surface area (Å²) in [6.07, 6.45) is -0.194. The van der Waals surface area contributed by atoms with E-state index in [1.165, 1.54) is 30.6 Å². The van der Waals surface area contributed by atoms with Crippen LogP contribution in [-0.4, -0.2) is 38.4 Å². The second-order valence-corrected chi connectivity index (χ2v) is 9.35. The number of benzene rings is 2. The van der Waals surface area contributed by atoms with Gasteiger partial charge in [0.1, 0.15) is 17.0 Å². The lowest BCUT2D eigenvalue weighted by atomic mass is 10.3. The van der Waals surface area contributed by atoms with Crippen LogP contribution in [0.5, 0.6) is 11.5 Å². The molecule has 0 saturated carbocycles. The Labute approximate surface area is 173 Å². The maximum atomic E-state index is 12.5. The number of thiazole rings is 1. The number of aromatic nitrogens is 1. The molecule has 9 heteroatoms. The molecule has 0 aliphatic heterocycles. The number of aryl methyl sites for hydroxylation is 1. The van der Waals surface area contributed by atoms with Crippen LogP contribution in [0, 0.1) is 0 Å². The summed E-state index contributed by atoms with van der Waals surface area (Å²) < 4.78 is 38.3. The first-order valence-corrected chi connectivity index (χ1v) is 11.5. The second-order valence-electron chi connectivity index (χ2n) is 6.23. The Hall–Kier alpha value is -2.65. The number of fused-ring (bicyclic) bond motifs is 1. The van der Waals surface area contributed by atoms with E-state index in [0.717, 1.165) is 16.0 Å². The SMILES string of the molecule is CCOc1cccc2sc(=NC(=O)CCS(=O)(=O)c3ccc(OC)cc3)n(C)c12. The number of rotatable bonds is 7. The van der Waals surface area contributed by atoms with Crippen LogP contribution >= 0.6 is 11.3 Å². The second kappa shape index (κ2) is 8.79. The lowest BCUT2D eigenvalue weighted by Crippen LogP contribution is -2.16. The van der Waals surface area contributed by atoms with Gasteiger partial charge < -0.3 is 14.0 Å². The molecule has 0 aliphatic carbocycles. The molecule has 0 unspecified atom stereocenters. The summed E-state index contributed by atoms with van der Waals surface area (Å²) in [5.74, 6) is 0.501. The number of amides is 1. The van der Waals surface area contributed by atoms with Crippen molar-refractivity contribution in [1.82, 2.24) is 4.57 Å². The lowest BCUT2D eigenvalue weighted by molar-refractivity contribution is -0.117. The van der Waals surface area contributed by atoms with Crippen LogP contribution < -0.4 is 14.3 Å². The first-order valence-electron chi connectivity index (χ1n) is 9.01. The standard InChI is InChI=1S/C20H22N2O5S2/c1-4-27-16-6-5-7-17-19(16)22(2)20(28-17)21-18(23)12-13-29(24,25)15-10-8-14(26-3)9-11-15/h5-11H,4,12-13H2,1-3H3. The molecule has 0 N–H and O–H groups in total. The first kappa shape index (κ1) is 21.1. The number of carbonyl (C=O) groups excluding carboxylic acids is 1. The number of hydrogen-bond acceptors (Lipinski definition) is 6. The maximum absolute atomic E-state index is 12.5. The van der Waals surface area contributed by atoms with Gasteiger partial charge in [-0.1, -0.05) is 17.4 Å². The normalized spacial score (nSPS) is 12.3. The fourth-order valence-corrected chi connectivity index (χ4v) is 5.12. The topological polar surface area (TPSA) is 87.0 Å². The molecule has 0 atom stereocenters. The molecule has 29 heavy (non-hydrogen) atoms. The van der Waals surface area contributed by atoms with Crippen LogP contribution in [0.15, 0.2) is 52.4 Å². The molecule has 0 saturated heterocycles. The number of carbonyl (C=O) groups is 1. The Kier molecular flexibility index (Phi) is 6.39. The molecule has 1 aromatic heterocycles. The van der Waals surface area contributed by atoms with E-state index in [9.17, 15) is 13.2 Å². The zero-order chi connectivity index (χ0) is 21.0. The van der Waals surface area contributed by atoms with E-state index < -0.39 is 15.7 Å². The summed E-state index contributed by atoms with van der Waals surface area (Å²) >= 11 is 1.36. The molecule has 154 valence electrons. The minimum Gasteiger partial charge on any atom is -0.497 e. The molecule has 7 nitrogen and oxygen atoms in total. The van der Waals surface area contributed by atoms with E-state index >= 15 is 0 Å². The lowest BCUT2D eigenvalue weighted by Gasteiger charge is -2.05. The maximum Gasteiger partial charge on any atom is 0.249 e. The average molecular weight is 435 g/mol. The van der Waals surface area contributed by atoms with Crippen molar-refractivity contribution in [2.45, 2.75) is 18.2 Å². The number of hydrogen-bond donors (Lipinski definition) is 0. The highest BCUT2D eigenvalue weighted by molar-refractivity contribution is 7.91. The number of para-hydroxylation sites is 1. The Morgan fingerprint density at radius 3 is 2.55 bits per heavy atom. The number of methoxy groups -OCH3 is 1. The van der Waals surface area contributed by atoms with Crippen LogP contribution in [0.25, 0.3) is 10.2 Å². The summed E-state index contributed by atoms with van der Waals surface area (Å²) in [6, 6.07) is 11.8. The van der Waals surface area contributed by atoms with Crippen LogP contribution in [0.2, 0.25) is 0 Å². The third-order valence-corrected chi connectivity index (χ3v) is 7.14. The van der Waals surface area contributed by atoms with Gasteiger partial charge in [0, 0.05) is 13.5 Å². The molecule has 0 fully saturated rings. The van der Waals surface area contributed by atoms with Crippen molar-refractivity contribution in [3.05, 3.63) is 47.3 Å². The van der Waals surface area contributed by atoms with Gasteiger partial charge in [-0.05, 0) is 43.3 Å². The third-order valence-electron chi connectivity index (χ3n) is 4.31. The van der Waals surface area contributed by atoms with Crippen LogP contribution in [0.1, 0.15) is 13.3 Å². The minimum absolute atomic E-state index is 0.153. The van der Waals surface area contributed by atoms with E-state index in [1.54, 1.807) is 16.7 Å². The highest BCUT2D eigenvalue weighted by Crippen LogP contribution is 2.26. The van der Waals surface area contributed by atoms with Crippen molar-refractivity contribution < 1.29 is 22.7 Å². The van der Waals surface area contributed by atoms with E-state index in [0.29, 0.717) is 17.2 Å². The van der Waals surface area contributed by atoms with Crippen LogP contribution in [-0.2, 0) is 21.7 Å². The molecular weight excluding hydrogens is 412 g/mol.